The summed E-state index contributed by atoms with van der Waals surface area (Å²) >= 11 is 0. The van der Waals surface area contributed by atoms with Gasteiger partial charge in [-0.25, -0.2) is 0 Å². The van der Waals surface area contributed by atoms with E-state index in [0.29, 0.717) is 6.42 Å². The third-order valence-electron chi connectivity index (χ3n) is 4.89. The molecule has 0 spiro atoms. The highest BCUT2D eigenvalue weighted by molar-refractivity contribution is 5.77. The fraction of sp³-hybridized carbons (Fsp3) is 0.500. The van der Waals surface area contributed by atoms with E-state index in [2.05, 4.69) is 22.5 Å². The number of likely N-dealkylation sites (tertiary alicyclic amines) is 1. The number of hydrogen-bond donors (Lipinski definition) is 1. The van der Waals surface area contributed by atoms with Crippen LogP contribution in [-0.2, 0) is 18.4 Å². The number of nitrogens with one attached hydrogen (secondary N) is 1. The summed E-state index contributed by atoms with van der Waals surface area (Å²) in [7, 11) is 3.80. The van der Waals surface area contributed by atoms with Crippen molar-refractivity contribution in [2.24, 2.45) is 7.05 Å². The summed E-state index contributed by atoms with van der Waals surface area (Å²) in [5.74, 6) is 1.07. The van der Waals surface area contributed by atoms with Gasteiger partial charge in [0, 0.05) is 39.3 Å². The van der Waals surface area contributed by atoms with Gasteiger partial charge in [0.1, 0.15) is 5.75 Å². The molecule has 0 aliphatic carbocycles. The van der Waals surface area contributed by atoms with Crippen molar-refractivity contribution >= 4 is 5.91 Å². The minimum Gasteiger partial charge on any atom is -0.491 e. The van der Waals surface area contributed by atoms with Crippen LogP contribution in [0.4, 0.5) is 0 Å². The molecule has 1 aliphatic rings. The van der Waals surface area contributed by atoms with E-state index in [0.717, 1.165) is 24.4 Å². The minimum atomic E-state index is -0.00713. The average molecular weight is 356 g/mol. The summed E-state index contributed by atoms with van der Waals surface area (Å²) in [6, 6.07) is 10.4. The molecular formula is C20H28N4O2. The zero-order chi connectivity index (χ0) is 18.7. The molecule has 0 bridgehead atoms. The second-order valence-electron chi connectivity index (χ2n) is 7.17. The molecule has 2 aromatic rings. The first-order valence-electron chi connectivity index (χ1n) is 9.18. The lowest BCUT2D eigenvalue weighted by Crippen LogP contribution is -2.49. The van der Waals surface area contributed by atoms with Crippen molar-refractivity contribution in [1.29, 1.82) is 0 Å². The van der Waals surface area contributed by atoms with E-state index in [4.69, 9.17) is 4.74 Å². The molecule has 2 atom stereocenters. The smallest absolute Gasteiger partial charge is 0.222 e. The first kappa shape index (κ1) is 18.5. The van der Waals surface area contributed by atoms with Crippen LogP contribution in [0.5, 0.6) is 5.75 Å². The quantitative estimate of drug-likeness (QED) is 0.864. The van der Waals surface area contributed by atoms with E-state index in [1.165, 1.54) is 5.56 Å². The molecule has 0 unspecified atom stereocenters. The van der Waals surface area contributed by atoms with Gasteiger partial charge >= 0.3 is 0 Å². The van der Waals surface area contributed by atoms with E-state index in [1.807, 2.05) is 55.7 Å². The normalized spacial score (nSPS) is 20.7. The number of likely N-dealkylation sites (N-methyl/N-ethyl adjacent to an activating group) is 1. The van der Waals surface area contributed by atoms with Crippen LogP contribution in [0, 0.1) is 0 Å². The third kappa shape index (κ3) is 4.07. The van der Waals surface area contributed by atoms with Gasteiger partial charge in [0.25, 0.3) is 0 Å². The van der Waals surface area contributed by atoms with Crippen LogP contribution in [0.1, 0.15) is 44.0 Å². The Kier molecular flexibility index (Phi) is 5.61. The molecule has 0 saturated carbocycles. The van der Waals surface area contributed by atoms with Crippen molar-refractivity contribution in [2.45, 2.75) is 51.4 Å². The summed E-state index contributed by atoms with van der Waals surface area (Å²) < 4.78 is 7.55. The van der Waals surface area contributed by atoms with Crippen LogP contribution in [0.2, 0.25) is 0 Å². The van der Waals surface area contributed by atoms with Gasteiger partial charge in [-0.15, -0.1) is 0 Å². The number of carbonyl (C=O) groups is 1. The monoisotopic (exact) mass is 356 g/mol. The van der Waals surface area contributed by atoms with Gasteiger partial charge in [-0.3, -0.25) is 9.48 Å². The SMILES string of the molecule is CC(C)Oc1ccc(CN[C@@H]2CCC(=O)N(C)[C@H]2c2ccnn2C)cc1. The Morgan fingerprint density at radius 3 is 2.58 bits per heavy atom. The number of aromatic nitrogens is 2. The Labute approximate surface area is 155 Å². The Bertz CT molecular complexity index is 739. The van der Waals surface area contributed by atoms with Crippen molar-refractivity contribution in [3.63, 3.8) is 0 Å². The summed E-state index contributed by atoms with van der Waals surface area (Å²) in [6.45, 7) is 4.80. The molecule has 1 saturated heterocycles. The van der Waals surface area contributed by atoms with Crippen molar-refractivity contribution in [3.05, 3.63) is 47.8 Å². The van der Waals surface area contributed by atoms with Gasteiger partial charge in [-0.05, 0) is 44.0 Å². The Morgan fingerprint density at radius 1 is 1.23 bits per heavy atom. The minimum absolute atomic E-state index is 0.00713. The number of benzene rings is 1. The maximum Gasteiger partial charge on any atom is 0.222 e. The van der Waals surface area contributed by atoms with E-state index >= 15 is 0 Å². The molecule has 1 N–H and O–H groups in total. The molecule has 2 heterocycles. The Balaban J connectivity index is 1.69. The summed E-state index contributed by atoms with van der Waals surface area (Å²) in [5, 5.41) is 7.91. The highest BCUT2D eigenvalue weighted by Crippen LogP contribution is 2.30. The Hall–Kier alpha value is -2.34. The molecule has 1 aromatic carbocycles. The first-order chi connectivity index (χ1) is 12.5. The number of carbonyl (C=O) groups excluding carboxylic acids is 1. The molecule has 1 aliphatic heterocycles. The van der Waals surface area contributed by atoms with Crippen LogP contribution in [0.15, 0.2) is 36.5 Å². The van der Waals surface area contributed by atoms with Crippen LogP contribution in [0.25, 0.3) is 0 Å². The molecule has 3 rings (SSSR count). The summed E-state index contributed by atoms with van der Waals surface area (Å²) in [6.07, 6.45) is 3.36. The zero-order valence-electron chi connectivity index (χ0n) is 16.0. The fourth-order valence-corrected chi connectivity index (χ4v) is 3.54. The molecule has 140 valence electrons. The molecule has 1 amide bonds. The molecule has 26 heavy (non-hydrogen) atoms. The number of aryl methyl sites for hydroxylation is 1. The van der Waals surface area contributed by atoms with E-state index in [-0.39, 0.29) is 24.1 Å². The number of nitrogens with zero attached hydrogens (tertiary/aromatic N) is 3. The number of hydrogen-bond acceptors (Lipinski definition) is 4. The number of piperidine rings is 1. The lowest BCUT2D eigenvalue weighted by Gasteiger charge is -2.39. The van der Waals surface area contributed by atoms with Crippen molar-refractivity contribution in [1.82, 2.24) is 20.0 Å². The zero-order valence-corrected chi connectivity index (χ0v) is 16.0. The van der Waals surface area contributed by atoms with Gasteiger partial charge in [0.05, 0.1) is 17.8 Å². The maximum atomic E-state index is 12.2. The molecule has 1 fully saturated rings. The number of amides is 1. The summed E-state index contributed by atoms with van der Waals surface area (Å²) in [5.41, 5.74) is 2.25. The largest absolute Gasteiger partial charge is 0.491 e. The van der Waals surface area contributed by atoms with Gasteiger partial charge in [0.2, 0.25) is 5.91 Å². The Morgan fingerprint density at radius 2 is 1.96 bits per heavy atom. The van der Waals surface area contributed by atoms with E-state index < -0.39 is 0 Å². The molecular weight excluding hydrogens is 328 g/mol. The predicted molar refractivity (Wildman–Crippen MR) is 101 cm³/mol. The maximum absolute atomic E-state index is 12.2. The van der Waals surface area contributed by atoms with Crippen molar-refractivity contribution in [2.75, 3.05) is 7.05 Å². The molecule has 6 heteroatoms. The second kappa shape index (κ2) is 7.91. The van der Waals surface area contributed by atoms with Gasteiger partial charge in [-0.2, -0.15) is 5.10 Å². The van der Waals surface area contributed by atoms with Gasteiger partial charge < -0.3 is 15.0 Å². The van der Waals surface area contributed by atoms with Gasteiger partial charge in [-0.1, -0.05) is 12.1 Å². The van der Waals surface area contributed by atoms with Crippen molar-refractivity contribution in [3.8, 4) is 5.75 Å². The van der Waals surface area contributed by atoms with Crippen LogP contribution in [0.3, 0.4) is 0 Å². The first-order valence-corrected chi connectivity index (χ1v) is 9.18. The van der Waals surface area contributed by atoms with E-state index in [9.17, 15) is 4.79 Å². The second-order valence-corrected chi connectivity index (χ2v) is 7.17. The standard InChI is InChI=1S/C20H28N4O2/c1-14(2)26-16-7-5-15(6-8-16)13-21-17-9-10-19(25)23(3)20(17)18-11-12-22-24(18)4/h5-8,11-12,14,17,20-21H,9-10,13H2,1-4H3/t17-,20-/m1/s1. The molecule has 1 aromatic heterocycles. The number of ether oxygens (including phenoxy) is 1. The van der Waals surface area contributed by atoms with Crippen LogP contribution >= 0.6 is 0 Å². The molecule has 6 nitrogen and oxygen atoms in total. The van der Waals surface area contributed by atoms with Crippen LogP contribution in [-0.4, -0.2) is 39.8 Å². The van der Waals surface area contributed by atoms with E-state index in [1.54, 1.807) is 6.20 Å². The van der Waals surface area contributed by atoms with Crippen LogP contribution < -0.4 is 10.1 Å². The van der Waals surface area contributed by atoms with Crippen molar-refractivity contribution < 1.29 is 9.53 Å². The molecule has 0 radical (unpaired) electrons. The summed E-state index contributed by atoms with van der Waals surface area (Å²) in [4.78, 5) is 14.1. The highest BCUT2D eigenvalue weighted by atomic mass is 16.5. The average Bonchev–Trinajstić information content (AvgIpc) is 3.02. The lowest BCUT2D eigenvalue weighted by molar-refractivity contribution is -0.136. The lowest BCUT2D eigenvalue weighted by atomic mass is 9.93. The number of rotatable bonds is 6. The predicted octanol–water partition coefficient (Wildman–Crippen LogP) is 2.66. The topological polar surface area (TPSA) is 59.4 Å². The van der Waals surface area contributed by atoms with Gasteiger partial charge in [0.15, 0.2) is 0 Å². The fourth-order valence-electron chi connectivity index (χ4n) is 3.54. The third-order valence-corrected chi connectivity index (χ3v) is 4.89. The highest BCUT2D eigenvalue weighted by Gasteiger charge is 2.35.